The second-order valence-corrected chi connectivity index (χ2v) is 3.79. The molecule has 0 saturated carbocycles. The summed E-state index contributed by atoms with van der Waals surface area (Å²) in [6.07, 6.45) is 1.75. The first kappa shape index (κ1) is 9.77. The maximum atomic E-state index is 5.68. The number of nitrogens with two attached hydrogens (primary N) is 1. The minimum Gasteiger partial charge on any atom is -0.384 e. The molecule has 0 amide bonds. The van der Waals surface area contributed by atoms with Gasteiger partial charge in [0.25, 0.3) is 0 Å². The van der Waals surface area contributed by atoms with Gasteiger partial charge in [-0.05, 0) is 24.3 Å². The maximum absolute atomic E-state index is 5.68. The summed E-state index contributed by atoms with van der Waals surface area (Å²) in [6, 6.07) is 9.30. The van der Waals surface area contributed by atoms with Crippen LogP contribution in [0.1, 0.15) is 0 Å². The van der Waals surface area contributed by atoms with E-state index in [2.05, 4.69) is 15.0 Å². The third-order valence-electron chi connectivity index (χ3n) is 2.63. The van der Waals surface area contributed by atoms with E-state index in [4.69, 9.17) is 5.73 Å². The number of imidazole rings is 1. The van der Waals surface area contributed by atoms with E-state index in [1.54, 1.807) is 12.3 Å². The van der Waals surface area contributed by atoms with Crippen LogP contribution in [0.25, 0.3) is 22.7 Å². The van der Waals surface area contributed by atoms with Gasteiger partial charge in [0.15, 0.2) is 11.5 Å². The van der Waals surface area contributed by atoms with Crippen LogP contribution in [-0.4, -0.2) is 19.5 Å². The van der Waals surface area contributed by atoms with Crippen LogP contribution < -0.4 is 5.73 Å². The molecule has 0 saturated heterocycles. The Morgan fingerprint density at radius 1 is 1.12 bits per heavy atom. The second kappa shape index (κ2) is 3.55. The van der Waals surface area contributed by atoms with E-state index < -0.39 is 0 Å². The number of rotatable bonds is 1. The fourth-order valence-electron chi connectivity index (χ4n) is 1.83. The molecule has 0 bridgehead atoms. The number of hydrogen-bond acceptors (Lipinski definition) is 4. The van der Waals surface area contributed by atoms with Crippen molar-refractivity contribution in [3.63, 3.8) is 0 Å². The topological polar surface area (TPSA) is 69.6 Å². The van der Waals surface area contributed by atoms with Gasteiger partial charge in [0.2, 0.25) is 0 Å². The zero-order valence-corrected chi connectivity index (χ0v) is 9.33. The summed E-state index contributed by atoms with van der Waals surface area (Å²) < 4.78 is 1.91. The van der Waals surface area contributed by atoms with Gasteiger partial charge in [-0.3, -0.25) is 0 Å². The minimum absolute atomic E-state index is 0.488. The number of fused-ring (bicyclic) bond motifs is 1. The Morgan fingerprint density at radius 2 is 2.00 bits per heavy atom. The van der Waals surface area contributed by atoms with Crippen LogP contribution >= 0.6 is 0 Å². The number of aromatic nitrogens is 4. The molecule has 0 aromatic carbocycles. The number of nitrogens with zero attached hydrogens (tertiary/aromatic N) is 4. The largest absolute Gasteiger partial charge is 0.384 e. The minimum atomic E-state index is 0.488. The van der Waals surface area contributed by atoms with Crippen LogP contribution in [0.4, 0.5) is 5.82 Å². The summed E-state index contributed by atoms with van der Waals surface area (Å²) in [6.45, 7) is 0. The highest BCUT2D eigenvalue weighted by atomic mass is 15.1. The second-order valence-electron chi connectivity index (χ2n) is 3.79. The van der Waals surface area contributed by atoms with E-state index in [0.717, 1.165) is 22.7 Å². The molecule has 2 N–H and O–H groups in total. The fraction of sp³-hybridized carbons (Fsp3) is 0.0833. The predicted octanol–water partition coefficient (Wildman–Crippen LogP) is 1.61. The number of pyridine rings is 2. The van der Waals surface area contributed by atoms with Crippen LogP contribution in [0.5, 0.6) is 0 Å². The van der Waals surface area contributed by atoms with Crippen molar-refractivity contribution < 1.29 is 0 Å². The molecule has 3 rings (SSSR count). The Hall–Kier alpha value is -2.43. The van der Waals surface area contributed by atoms with E-state index in [9.17, 15) is 0 Å². The van der Waals surface area contributed by atoms with Crippen molar-refractivity contribution in [2.45, 2.75) is 0 Å². The van der Waals surface area contributed by atoms with Gasteiger partial charge in [-0.1, -0.05) is 6.07 Å². The third-order valence-corrected chi connectivity index (χ3v) is 2.63. The molecule has 5 heteroatoms. The molecular formula is C12H11N5. The number of aryl methyl sites for hydroxylation is 1. The van der Waals surface area contributed by atoms with Crippen molar-refractivity contribution in [1.82, 2.24) is 19.5 Å². The highest BCUT2D eigenvalue weighted by molar-refractivity contribution is 5.76. The number of nitrogen functional groups attached to an aromatic ring is 1. The first-order chi connectivity index (χ1) is 8.25. The summed E-state index contributed by atoms with van der Waals surface area (Å²) in [5, 5.41) is 0. The Balaban J connectivity index is 2.27. The third kappa shape index (κ3) is 1.52. The van der Waals surface area contributed by atoms with Crippen LogP contribution in [0, 0.1) is 0 Å². The summed E-state index contributed by atoms with van der Waals surface area (Å²) in [7, 11) is 1.92. The van der Waals surface area contributed by atoms with E-state index in [1.165, 1.54) is 0 Å². The molecule has 3 aromatic rings. The van der Waals surface area contributed by atoms with E-state index in [-0.39, 0.29) is 0 Å². The van der Waals surface area contributed by atoms with Gasteiger partial charge in [0, 0.05) is 13.2 Å². The van der Waals surface area contributed by atoms with Gasteiger partial charge in [-0.2, -0.15) is 0 Å². The van der Waals surface area contributed by atoms with Gasteiger partial charge in [-0.25, -0.2) is 15.0 Å². The van der Waals surface area contributed by atoms with Gasteiger partial charge >= 0.3 is 0 Å². The molecule has 0 aliphatic carbocycles. The molecule has 0 fully saturated rings. The monoisotopic (exact) mass is 225 g/mol. The first-order valence-electron chi connectivity index (χ1n) is 5.26. The van der Waals surface area contributed by atoms with Crippen LogP contribution in [0.15, 0.2) is 36.5 Å². The average molecular weight is 225 g/mol. The highest BCUT2D eigenvalue weighted by Gasteiger charge is 2.11. The summed E-state index contributed by atoms with van der Waals surface area (Å²) in [5.41, 5.74) is 8.13. The van der Waals surface area contributed by atoms with Gasteiger partial charge in [0.1, 0.15) is 17.0 Å². The molecule has 0 spiro atoms. The normalized spacial score (nSPS) is 10.9. The molecule has 0 atom stereocenters. The molecule has 3 heterocycles. The lowest BCUT2D eigenvalue weighted by Gasteiger charge is -2.01. The highest BCUT2D eigenvalue weighted by Crippen LogP contribution is 2.20. The predicted molar refractivity (Wildman–Crippen MR) is 66.2 cm³/mol. The standard InChI is InChI=1S/C12H11N5/c1-17-11-8(5-3-7-14-11)16-12(17)9-4-2-6-10(13)15-9/h2-7H,1H3,(H2,13,15). The molecule has 84 valence electrons. The van der Waals surface area contributed by atoms with Crippen LogP contribution in [-0.2, 0) is 7.05 Å². The summed E-state index contributed by atoms with van der Waals surface area (Å²) in [5.74, 6) is 1.26. The van der Waals surface area contributed by atoms with Crippen molar-refractivity contribution >= 4 is 17.0 Å². The quantitative estimate of drug-likeness (QED) is 0.683. The number of hydrogen-bond donors (Lipinski definition) is 1. The van der Waals surface area contributed by atoms with E-state index >= 15 is 0 Å². The smallest absolute Gasteiger partial charge is 0.160 e. The van der Waals surface area contributed by atoms with E-state index in [0.29, 0.717) is 5.82 Å². The summed E-state index contributed by atoms with van der Waals surface area (Å²) in [4.78, 5) is 13.1. The molecule has 0 aliphatic rings. The molecule has 0 unspecified atom stereocenters. The lowest BCUT2D eigenvalue weighted by Crippen LogP contribution is -1.97. The lowest BCUT2D eigenvalue weighted by atomic mass is 10.3. The Kier molecular flexibility index (Phi) is 2.04. The van der Waals surface area contributed by atoms with Crippen molar-refractivity contribution in [2.24, 2.45) is 7.05 Å². The SMILES string of the molecule is Cn1c(-c2cccc(N)n2)nc2cccnc21. The van der Waals surface area contributed by atoms with Gasteiger partial charge in [0.05, 0.1) is 0 Å². The van der Waals surface area contributed by atoms with Gasteiger partial charge in [-0.15, -0.1) is 0 Å². The zero-order valence-electron chi connectivity index (χ0n) is 9.33. The van der Waals surface area contributed by atoms with Crippen molar-refractivity contribution in [3.8, 4) is 11.5 Å². The van der Waals surface area contributed by atoms with Gasteiger partial charge < -0.3 is 10.3 Å². The van der Waals surface area contributed by atoms with Crippen molar-refractivity contribution in [2.75, 3.05) is 5.73 Å². The molecule has 5 nitrogen and oxygen atoms in total. The first-order valence-corrected chi connectivity index (χ1v) is 5.26. The summed E-state index contributed by atoms with van der Waals surface area (Å²) >= 11 is 0. The molecule has 17 heavy (non-hydrogen) atoms. The van der Waals surface area contributed by atoms with Crippen LogP contribution in [0.2, 0.25) is 0 Å². The van der Waals surface area contributed by atoms with E-state index in [1.807, 2.05) is 35.9 Å². The Morgan fingerprint density at radius 3 is 2.76 bits per heavy atom. The van der Waals surface area contributed by atoms with Crippen molar-refractivity contribution in [1.29, 1.82) is 0 Å². The molecule has 3 aromatic heterocycles. The molecule has 0 aliphatic heterocycles. The fourth-order valence-corrected chi connectivity index (χ4v) is 1.83. The maximum Gasteiger partial charge on any atom is 0.160 e. The molecular weight excluding hydrogens is 214 g/mol. The zero-order chi connectivity index (χ0) is 11.8. The Labute approximate surface area is 98.0 Å². The number of anilines is 1. The van der Waals surface area contributed by atoms with Crippen molar-refractivity contribution in [3.05, 3.63) is 36.5 Å². The Bertz CT molecular complexity index is 686. The molecule has 0 radical (unpaired) electrons. The van der Waals surface area contributed by atoms with Crippen LogP contribution in [0.3, 0.4) is 0 Å². The lowest BCUT2D eigenvalue weighted by molar-refractivity contribution is 0.935. The average Bonchev–Trinajstić information content (AvgIpc) is 2.68.